The number of unbranched alkanes of at least 4 members (excludes halogenated alkanes) is 17. The first kappa shape index (κ1) is 56.6. The smallest absolute Gasteiger partial charge is 0.306 e. The van der Waals surface area contributed by atoms with Crippen LogP contribution in [0.5, 0.6) is 0 Å². The fourth-order valence-corrected chi connectivity index (χ4v) is 6.45. The van der Waals surface area contributed by atoms with Gasteiger partial charge in [-0.25, -0.2) is 0 Å². The molecule has 0 aliphatic rings. The molecule has 0 saturated carbocycles. The predicted molar refractivity (Wildman–Crippen MR) is 260 cm³/mol. The van der Waals surface area contributed by atoms with Crippen molar-refractivity contribution in [2.24, 2.45) is 0 Å². The van der Waals surface area contributed by atoms with Crippen molar-refractivity contribution in [3.8, 4) is 0 Å². The zero-order chi connectivity index (χ0) is 43.5. The van der Waals surface area contributed by atoms with E-state index in [0.29, 0.717) is 12.8 Å². The summed E-state index contributed by atoms with van der Waals surface area (Å²) < 4.78 is 10.7. The average molecular weight is 831 g/mol. The maximum Gasteiger partial charge on any atom is 0.306 e. The Bertz CT molecular complexity index is 1210. The maximum atomic E-state index is 12.2. The second-order valence-electron chi connectivity index (χ2n) is 15.8. The van der Waals surface area contributed by atoms with Crippen LogP contribution in [0, 0.1) is 0 Å². The molecule has 340 valence electrons. The molecule has 0 aliphatic carbocycles. The Morgan fingerprint density at radius 1 is 0.383 bits per heavy atom. The van der Waals surface area contributed by atoms with Gasteiger partial charge >= 0.3 is 11.9 Å². The van der Waals surface area contributed by atoms with Gasteiger partial charge in [-0.1, -0.05) is 207 Å². The van der Waals surface area contributed by atoms with Gasteiger partial charge in [0.1, 0.15) is 6.61 Å². The lowest BCUT2D eigenvalue weighted by Crippen LogP contribution is -2.28. The van der Waals surface area contributed by atoms with Gasteiger partial charge in [0.2, 0.25) is 0 Å². The van der Waals surface area contributed by atoms with Gasteiger partial charge in [-0.05, 0) is 96.3 Å². The molecule has 5 nitrogen and oxygen atoms in total. The molecule has 1 atom stereocenters. The van der Waals surface area contributed by atoms with Gasteiger partial charge in [0.25, 0.3) is 0 Å². The minimum Gasteiger partial charge on any atom is -0.462 e. The van der Waals surface area contributed by atoms with E-state index in [0.717, 1.165) is 116 Å². The number of esters is 2. The summed E-state index contributed by atoms with van der Waals surface area (Å²) in [5, 5.41) is 9.62. The molecule has 0 saturated heterocycles. The molecule has 0 spiro atoms. The van der Waals surface area contributed by atoms with Crippen LogP contribution in [0.15, 0.2) is 109 Å². The summed E-state index contributed by atoms with van der Waals surface area (Å²) in [5.41, 5.74) is 0. The molecule has 0 fully saturated rings. The fraction of sp³-hybridized carbons (Fsp3) is 0.636. The first-order valence-electron chi connectivity index (χ1n) is 24.4. The molecular weight excluding hydrogens is 741 g/mol. The van der Waals surface area contributed by atoms with Crippen LogP contribution in [-0.2, 0) is 19.1 Å². The number of ether oxygens (including phenoxy) is 2. The topological polar surface area (TPSA) is 72.8 Å². The van der Waals surface area contributed by atoms with E-state index in [1.165, 1.54) is 64.2 Å². The van der Waals surface area contributed by atoms with Crippen LogP contribution in [0.4, 0.5) is 0 Å². The summed E-state index contributed by atoms with van der Waals surface area (Å²) in [6.45, 7) is 3.89. The molecule has 1 N–H and O–H groups in total. The zero-order valence-electron chi connectivity index (χ0n) is 38.7. The molecule has 60 heavy (non-hydrogen) atoms. The van der Waals surface area contributed by atoms with Crippen molar-refractivity contribution in [3.05, 3.63) is 109 Å². The van der Waals surface area contributed by atoms with Gasteiger partial charge in [0.15, 0.2) is 6.10 Å². The third-order valence-electron chi connectivity index (χ3n) is 10.1. The van der Waals surface area contributed by atoms with E-state index in [1.54, 1.807) is 0 Å². The lowest BCUT2D eigenvalue weighted by Gasteiger charge is -2.15. The van der Waals surface area contributed by atoms with E-state index in [4.69, 9.17) is 9.47 Å². The molecule has 0 rings (SSSR count). The monoisotopic (exact) mass is 831 g/mol. The molecule has 0 amide bonds. The second-order valence-corrected chi connectivity index (χ2v) is 15.8. The number of allylic oxidation sites excluding steroid dienone is 18. The van der Waals surface area contributed by atoms with Gasteiger partial charge in [-0.15, -0.1) is 0 Å². The number of aliphatic hydroxyl groups is 1. The molecule has 1 unspecified atom stereocenters. The standard InChI is InChI=1S/C55H90O5/c1-3-5-7-9-11-13-15-17-19-21-23-25-26-27-28-30-31-33-35-37-39-41-43-45-47-49-54(57)59-52-53(51-56)60-55(58)50-48-46-44-42-40-38-36-34-32-29-24-22-20-18-16-14-12-10-8-6-4-2/h5-8,11-14,17-20,23-25,29,34,36,53,56H,3-4,9-10,15-16,21-22,26-28,30-33,35,37-52H2,1-2H3/b7-5-,8-6-,13-11-,14-12-,19-17-,20-18-,25-23-,29-24-,36-34-. The largest absolute Gasteiger partial charge is 0.462 e. The van der Waals surface area contributed by atoms with E-state index < -0.39 is 6.10 Å². The molecule has 0 radical (unpaired) electrons. The SMILES string of the molecule is CC/C=C\C/C=C\C/C=C\C/C=C\C/C=C\CCCCCCCC(=O)OC(CO)COC(=O)CCCCCCCCCCCCCC/C=C\C/C=C\C/C=C\C/C=C\CC. The Morgan fingerprint density at radius 3 is 1.00 bits per heavy atom. The minimum atomic E-state index is -0.791. The van der Waals surface area contributed by atoms with Crippen LogP contribution >= 0.6 is 0 Å². The Hall–Kier alpha value is -3.44. The molecular formula is C55H90O5. The zero-order valence-corrected chi connectivity index (χ0v) is 38.7. The molecule has 0 aromatic heterocycles. The van der Waals surface area contributed by atoms with Crippen molar-refractivity contribution >= 4 is 11.9 Å². The van der Waals surface area contributed by atoms with Crippen molar-refractivity contribution in [3.63, 3.8) is 0 Å². The predicted octanol–water partition coefficient (Wildman–Crippen LogP) is 16.2. The second kappa shape index (κ2) is 49.9. The number of rotatable bonds is 43. The van der Waals surface area contributed by atoms with Crippen molar-refractivity contribution in [1.29, 1.82) is 0 Å². The first-order valence-corrected chi connectivity index (χ1v) is 24.4. The van der Waals surface area contributed by atoms with Crippen LogP contribution in [0.3, 0.4) is 0 Å². The van der Waals surface area contributed by atoms with Crippen LogP contribution in [-0.4, -0.2) is 36.4 Å². The summed E-state index contributed by atoms with van der Waals surface area (Å²) >= 11 is 0. The van der Waals surface area contributed by atoms with Crippen molar-refractivity contribution in [2.75, 3.05) is 13.2 Å². The van der Waals surface area contributed by atoms with Gasteiger partial charge in [0, 0.05) is 12.8 Å². The summed E-state index contributed by atoms with van der Waals surface area (Å²) in [7, 11) is 0. The summed E-state index contributed by atoms with van der Waals surface area (Å²) in [6.07, 6.45) is 71.7. The Kier molecular flexibility index (Phi) is 47.1. The highest BCUT2D eigenvalue weighted by atomic mass is 16.6. The first-order chi connectivity index (χ1) is 29.6. The quantitative estimate of drug-likeness (QED) is 0.0376. The number of hydrogen-bond acceptors (Lipinski definition) is 5. The Balaban J connectivity index is 3.58. The maximum absolute atomic E-state index is 12.2. The number of aliphatic hydroxyl groups excluding tert-OH is 1. The van der Waals surface area contributed by atoms with Crippen LogP contribution in [0.1, 0.15) is 206 Å². The minimum absolute atomic E-state index is 0.0812. The lowest BCUT2D eigenvalue weighted by molar-refractivity contribution is -0.161. The lowest BCUT2D eigenvalue weighted by atomic mass is 10.0. The molecule has 0 aliphatic heterocycles. The van der Waals surface area contributed by atoms with E-state index in [1.807, 2.05) is 0 Å². The highest BCUT2D eigenvalue weighted by Crippen LogP contribution is 2.14. The molecule has 0 heterocycles. The van der Waals surface area contributed by atoms with E-state index in [2.05, 4.69) is 123 Å². The van der Waals surface area contributed by atoms with Gasteiger partial charge in [-0.3, -0.25) is 9.59 Å². The van der Waals surface area contributed by atoms with Crippen LogP contribution < -0.4 is 0 Å². The summed E-state index contributed by atoms with van der Waals surface area (Å²) in [5.74, 6) is -0.620. The van der Waals surface area contributed by atoms with Crippen molar-refractivity contribution in [2.45, 2.75) is 213 Å². The summed E-state index contributed by atoms with van der Waals surface area (Å²) in [4.78, 5) is 24.4. The number of carbonyl (C=O) groups is 2. The van der Waals surface area contributed by atoms with E-state index in [9.17, 15) is 14.7 Å². The number of carbonyl (C=O) groups excluding carboxylic acids is 2. The van der Waals surface area contributed by atoms with Crippen molar-refractivity contribution < 1.29 is 24.2 Å². The summed E-state index contributed by atoms with van der Waals surface area (Å²) in [6, 6.07) is 0. The third-order valence-corrected chi connectivity index (χ3v) is 10.1. The van der Waals surface area contributed by atoms with Crippen LogP contribution in [0.25, 0.3) is 0 Å². The number of hydrogen-bond donors (Lipinski definition) is 1. The van der Waals surface area contributed by atoms with E-state index in [-0.39, 0.29) is 25.2 Å². The van der Waals surface area contributed by atoms with Gasteiger partial charge in [-0.2, -0.15) is 0 Å². The normalized spacial score (nSPS) is 13.2. The van der Waals surface area contributed by atoms with Crippen LogP contribution in [0.2, 0.25) is 0 Å². The Labute approximate surface area is 370 Å². The molecule has 0 aromatic carbocycles. The van der Waals surface area contributed by atoms with Crippen molar-refractivity contribution in [1.82, 2.24) is 0 Å². The third kappa shape index (κ3) is 47.2. The fourth-order valence-electron chi connectivity index (χ4n) is 6.45. The highest BCUT2D eigenvalue weighted by molar-refractivity contribution is 5.70. The van der Waals surface area contributed by atoms with Gasteiger partial charge in [0.05, 0.1) is 6.61 Å². The molecule has 0 aromatic rings. The molecule has 0 bridgehead atoms. The molecule has 5 heteroatoms. The Morgan fingerprint density at radius 2 is 0.667 bits per heavy atom. The van der Waals surface area contributed by atoms with Gasteiger partial charge < -0.3 is 14.6 Å². The highest BCUT2D eigenvalue weighted by Gasteiger charge is 2.16. The average Bonchev–Trinajstić information content (AvgIpc) is 3.25. The van der Waals surface area contributed by atoms with E-state index >= 15 is 0 Å².